The van der Waals surface area contributed by atoms with Crippen molar-refractivity contribution in [3.05, 3.63) is 60.7 Å². The van der Waals surface area contributed by atoms with Gasteiger partial charge in [-0.05, 0) is 43.5 Å². The molecular formula is C18H22NOP. The molecule has 3 heteroatoms. The highest BCUT2D eigenvalue weighted by Gasteiger charge is 2.41. The van der Waals surface area contributed by atoms with E-state index in [-0.39, 0.29) is 0 Å². The van der Waals surface area contributed by atoms with E-state index in [0.29, 0.717) is 12.0 Å². The molecule has 110 valence electrons. The predicted octanol–water partition coefficient (Wildman–Crippen LogP) is 3.65. The topological polar surface area (TPSA) is 20.3 Å². The van der Waals surface area contributed by atoms with Crippen molar-refractivity contribution in [2.45, 2.75) is 26.3 Å². The Morgan fingerprint density at radius 1 is 0.905 bits per heavy atom. The number of hydrogen-bond donors (Lipinski definition) is 0. The molecule has 0 bridgehead atoms. The van der Waals surface area contributed by atoms with Crippen LogP contribution in [-0.4, -0.2) is 17.3 Å². The fraction of sp³-hybridized carbons (Fsp3) is 0.333. The van der Waals surface area contributed by atoms with Gasteiger partial charge in [0.2, 0.25) is 7.29 Å². The highest BCUT2D eigenvalue weighted by Crippen LogP contribution is 2.52. The summed E-state index contributed by atoms with van der Waals surface area (Å²) in [5.41, 5.74) is 0. The van der Waals surface area contributed by atoms with Crippen molar-refractivity contribution in [2.75, 3.05) is 6.54 Å². The second-order valence-electron chi connectivity index (χ2n) is 6.06. The molecule has 0 spiro atoms. The van der Waals surface area contributed by atoms with Crippen molar-refractivity contribution in [1.29, 1.82) is 0 Å². The molecule has 21 heavy (non-hydrogen) atoms. The maximum atomic E-state index is 14.1. The van der Waals surface area contributed by atoms with Gasteiger partial charge in [0.25, 0.3) is 0 Å². The molecule has 0 aliphatic carbocycles. The predicted molar refractivity (Wildman–Crippen MR) is 89.7 cm³/mol. The molecule has 0 aromatic heterocycles. The van der Waals surface area contributed by atoms with Crippen LogP contribution in [-0.2, 0) is 4.57 Å². The molecule has 1 saturated heterocycles. The lowest BCUT2D eigenvalue weighted by Gasteiger charge is -2.32. The van der Waals surface area contributed by atoms with Gasteiger partial charge in [-0.15, -0.1) is 0 Å². The third-order valence-corrected chi connectivity index (χ3v) is 7.60. The maximum absolute atomic E-state index is 14.1. The number of benzene rings is 2. The van der Waals surface area contributed by atoms with Gasteiger partial charge in [-0.25, -0.2) is 4.67 Å². The Kier molecular flexibility index (Phi) is 4.01. The van der Waals surface area contributed by atoms with Crippen molar-refractivity contribution in [3.8, 4) is 0 Å². The lowest BCUT2D eigenvalue weighted by atomic mass is 10.1. The monoisotopic (exact) mass is 299 g/mol. The summed E-state index contributed by atoms with van der Waals surface area (Å²) in [4.78, 5) is 0. The third kappa shape index (κ3) is 2.59. The van der Waals surface area contributed by atoms with E-state index < -0.39 is 7.29 Å². The summed E-state index contributed by atoms with van der Waals surface area (Å²) < 4.78 is 16.3. The van der Waals surface area contributed by atoms with Crippen LogP contribution < -0.4 is 10.6 Å². The first-order chi connectivity index (χ1) is 10.1. The number of hydrogen-bond acceptors (Lipinski definition) is 1. The molecule has 1 aliphatic rings. The summed E-state index contributed by atoms with van der Waals surface area (Å²) in [7, 11) is -2.73. The van der Waals surface area contributed by atoms with Gasteiger partial charge in [-0.2, -0.15) is 0 Å². The normalized spacial score (nSPS) is 23.3. The summed E-state index contributed by atoms with van der Waals surface area (Å²) >= 11 is 0. The summed E-state index contributed by atoms with van der Waals surface area (Å²) in [5.74, 6) is 0.598. The van der Waals surface area contributed by atoms with Crippen LogP contribution in [0.3, 0.4) is 0 Å². The van der Waals surface area contributed by atoms with Crippen LogP contribution in [0.2, 0.25) is 0 Å². The Morgan fingerprint density at radius 3 is 1.76 bits per heavy atom. The van der Waals surface area contributed by atoms with Gasteiger partial charge in [-0.1, -0.05) is 43.3 Å². The third-order valence-electron chi connectivity index (χ3n) is 4.33. The average Bonchev–Trinajstić information content (AvgIpc) is 2.87. The van der Waals surface area contributed by atoms with E-state index in [1.54, 1.807) is 0 Å². The van der Waals surface area contributed by atoms with Crippen molar-refractivity contribution in [3.63, 3.8) is 0 Å². The fourth-order valence-electron chi connectivity index (χ4n) is 3.38. The summed E-state index contributed by atoms with van der Waals surface area (Å²) in [6.07, 6.45) is 1.11. The fourth-order valence-corrected chi connectivity index (χ4v) is 6.58. The van der Waals surface area contributed by atoms with Crippen LogP contribution in [0.25, 0.3) is 0 Å². The molecule has 1 heterocycles. The van der Waals surface area contributed by atoms with E-state index in [0.717, 1.165) is 23.6 Å². The van der Waals surface area contributed by atoms with Gasteiger partial charge in [-0.3, -0.25) is 4.57 Å². The van der Waals surface area contributed by atoms with Gasteiger partial charge < -0.3 is 0 Å². The first-order valence-electron chi connectivity index (χ1n) is 7.61. The van der Waals surface area contributed by atoms with Crippen molar-refractivity contribution in [1.82, 2.24) is 4.67 Å². The van der Waals surface area contributed by atoms with Crippen LogP contribution >= 0.6 is 7.29 Å². The first kappa shape index (κ1) is 14.6. The molecule has 2 aromatic rings. The van der Waals surface area contributed by atoms with E-state index >= 15 is 0 Å². The minimum atomic E-state index is -2.73. The van der Waals surface area contributed by atoms with Crippen molar-refractivity contribution >= 4 is 17.9 Å². The Hall–Kier alpha value is -1.37. The lowest BCUT2D eigenvalue weighted by Crippen LogP contribution is -2.34. The quantitative estimate of drug-likeness (QED) is 0.806. The molecule has 0 N–H and O–H groups in total. The molecule has 0 radical (unpaired) electrons. The smallest absolute Gasteiger partial charge is 0.207 e. The Balaban J connectivity index is 2.14. The molecule has 1 aliphatic heterocycles. The van der Waals surface area contributed by atoms with Gasteiger partial charge in [0, 0.05) is 23.2 Å². The van der Waals surface area contributed by atoms with Crippen molar-refractivity contribution in [2.24, 2.45) is 5.92 Å². The molecule has 2 nitrogen and oxygen atoms in total. The second-order valence-corrected chi connectivity index (χ2v) is 8.76. The van der Waals surface area contributed by atoms with Crippen molar-refractivity contribution < 1.29 is 4.57 Å². The largest absolute Gasteiger partial charge is 0.296 e. The van der Waals surface area contributed by atoms with Gasteiger partial charge in [0.15, 0.2) is 0 Å². The molecule has 0 unspecified atom stereocenters. The number of nitrogens with zero attached hydrogens (tertiary/aromatic N) is 1. The second kappa shape index (κ2) is 5.79. The van der Waals surface area contributed by atoms with E-state index in [1.165, 1.54) is 0 Å². The van der Waals surface area contributed by atoms with Crippen LogP contribution in [0.1, 0.15) is 20.3 Å². The highest BCUT2D eigenvalue weighted by atomic mass is 31.2. The zero-order valence-electron chi connectivity index (χ0n) is 12.6. The lowest BCUT2D eigenvalue weighted by molar-refractivity contribution is 0.416. The summed E-state index contributed by atoms with van der Waals surface area (Å²) in [6.45, 7) is 5.35. The zero-order valence-corrected chi connectivity index (χ0v) is 13.5. The van der Waals surface area contributed by atoms with E-state index in [4.69, 9.17) is 0 Å². The molecular weight excluding hydrogens is 277 g/mol. The SMILES string of the molecule is C[C@H]1C[C@H](C)N(P(=O)(c2ccccc2)c2ccccc2)C1. The first-order valence-corrected chi connectivity index (χ1v) is 9.26. The molecule has 0 amide bonds. The zero-order chi connectivity index (χ0) is 14.9. The molecule has 3 rings (SSSR count). The Bertz CT molecular complexity index is 597. The van der Waals surface area contributed by atoms with Gasteiger partial charge in [0.05, 0.1) is 0 Å². The Morgan fingerprint density at radius 2 is 1.38 bits per heavy atom. The van der Waals surface area contributed by atoms with Crippen LogP contribution in [0, 0.1) is 5.92 Å². The van der Waals surface area contributed by atoms with Crippen LogP contribution in [0.15, 0.2) is 60.7 Å². The molecule has 1 fully saturated rings. The van der Waals surface area contributed by atoms with Crippen LogP contribution in [0.5, 0.6) is 0 Å². The number of rotatable bonds is 3. The summed E-state index contributed by atoms with van der Waals surface area (Å²) in [6, 6.07) is 20.3. The average molecular weight is 299 g/mol. The van der Waals surface area contributed by atoms with E-state index in [2.05, 4.69) is 18.5 Å². The molecule has 2 atom stereocenters. The standard InChI is InChI=1S/C18H22NOP/c1-15-13-16(2)19(14-15)21(20,17-9-5-3-6-10-17)18-11-7-4-8-12-18/h3-12,15-16H,13-14H2,1-2H3/t15-,16-/m0/s1. The maximum Gasteiger partial charge on any atom is 0.207 e. The van der Waals surface area contributed by atoms with Gasteiger partial charge >= 0.3 is 0 Å². The summed E-state index contributed by atoms with van der Waals surface area (Å²) in [5, 5.41) is 1.88. The molecule has 2 aromatic carbocycles. The molecule has 0 saturated carbocycles. The van der Waals surface area contributed by atoms with E-state index in [1.807, 2.05) is 60.7 Å². The Labute approximate surface area is 127 Å². The van der Waals surface area contributed by atoms with Gasteiger partial charge in [0.1, 0.15) is 0 Å². The highest BCUT2D eigenvalue weighted by molar-refractivity contribution is 7.76. The minimum absolute atomic E-state index is 0.353. The minimum Gasteiger partial charge on any atom is -0.296 e. The van der Waals surface area contributed by atoms with E-state index in [9.17, 15) is 4.57 Å². The van der Waals surface area contributed by atoms with Crippen LogP contribution in [0.4, 0.5) is 0 Å².